The second-order valence-electron chi connectivity index (χ2n) is 5.63. The molecule has 26 heavy (non-hydrogen) atoms. The van der Waals surface area contributed by atoms with Crippen molar-refractivity contribution < 1.29 is 13.5 Å². The van der Waals surface area contributed by atoms with Crippen molar-refractivity contribution in [3.05, 3.63) is 93.5 Å². The first-order chi connectivity index (χ1) is 12.5. The first kappa shape index (κ1) is 18.5. The lowest BCUT2D eigenvalue weighted by atomic mass is 10.2. The van der Waals surface area contributed by atoms with Gasteiger partial charge >= 0.3 is 0 Å². The second-order valence-corrected chi connectivity index (χ2v) is 6.44. The standard InChI is InChI=1S/C20H15Cl2F2NO/c21-16-10-15(6-7-19(16)24)25-11-13-5-8-20(17(22)9-13)26-12-14-3-1-2-4-18(14)23/h1-10,25H,11-12H2. The highest BCUT2D eigenvalue weighted by atomic mass is 35.5. The molecule has 6 heteroatoms. The summed E-state index contributed by atoms with van der Waals surface area (Å²) in [5, 5.41) is 3.63. The highest BCUT2D eigenvalue weighted by Crippen LogP contribution is 2.27. The summed E-state index contributed by atoms with van der Waals surface area (Å²) in [5.74, 6) is -0.303. The van der Waals surface area contributed by atoms with Crippen LogP contribution in [0.1, 0.15) is 11.1 Å². The average molecular weight is 394 g/mol. The van der Waals surface area contributed by atoms with E-state index in [1.807, 2.05) is 6.07 Å². The Balaban J connectivity index is 1.61. The zero-order valence-corrected chi connectivity index (χ0v) is 15.1. The molecule has 2 nitrogen and oxygen atoms in total. The molecule has 0 aliphatic carbocycles. The quantitative estimate of drug-likeness (QED) is 0.518. The molecule has 134 valence electrons. The van der Waals surface area contributed by atoms with E-state index in [1.54, 1.807) is 36.4 Å². The molecule has 0 aromatic heterocycles. The van der Waals surface area contributed by atoms with Crippen LogP contribution in [0.4, 0.5) is 14.5 Å². The Morgan fingerprint density at radius 3 is 2.38 bits per heavy atom. The molecule has 0 fully saturated rings. The Morgan fingerprint density at radius 1 is 0.846 bits per heavy atom. The van der Waals surface area contributed by atoms with Crippen molar-refractivity contribution >= 4 is 28.9 Å². The van der Waals surface area contributed by atoms with Gasteiger partial charge in [0.2, 0.25) is 0 Å². The van der Waals surface area contributed by atoms with Crippen molar-refractivity contribution in [2.75, 3.05) is 5.32 Å². The van der Waals surface area contributed by atoms with Crippen LogP contribution in [0.3, 0.4) is 0 Å². The molecule has 0 radical (unpaired) electrons. The van der Waals surface area contributed by atoms with E-state index in [1.165, 1.54) is 18.2 Å². The molecule has 0 saturated carbocycles. The summed E-state index contributed by atoms with van der Waals surface area (Å²) in [4.78, 5) is 0. The van der Waals surface area contributed by atoms with Crippen LogP contribution in [-0.4, -0.2) is 0 Å². The molecule has 0 atom stereocenters. The minimum absolute atomic E-state index is 0.0601. The summed E-state index contributed by atoms with van der Waals surface area (Å²) in [7, 11) is 0. The van der Waals surface area contributed by atoms with Gasteiger partial charge in [0.05, 0.1) is 10.0 Å². The topological polar surface area (TPSA) is 21.3 Å². The van der Waals surface area contributed by atoms with Gasteiger partial charge in [-0.3, -0.25) is 0 Å². The second kappa shape index (κ2) is 8.39. The van der Waals surface area contributed by atoms with Gasteiger partial charge in [-0.05, 0) is 42.0 Å². The van der Waals surface area contributed by atoms with Crippen molar-refractivity contribution in [3.63, 3.8) is 0 Å². The van der Waals surface area contributed by atoms with Gasteiger partial charge in [0.15, 0.2) is 0 Å². The maximum Gasteiger partial charge on any atom is 0.141 e. The van der Waals surface area contributed by atoms with E-state index in [0.717, 1.165) is 5.56 Å². The van der Waals surface area contributed by atoms with E-state index < -0.39 is 5.82 Å². The molecule has 0 amide bonds. The average Bonchev–Trinajstić information content (AvgIpc) is 2.63. The summed E-state index contributed by atoms with van der Waals surface area (Å²) < 4.78 is 32.4. The third kappa shape index (κ3) is 4.65. The molecule has 0 aliphatic rings. The number of nitrogens with one attached hydrogen (secondary N) is 1. The number of anilines is 1. The highest BCUT2D eigenvalue weighted by Gasteiger charge is 2.07. The van der Waals surface area contributed by atoms with Crippen molar-refractivity contribution in [2.24, 2.45) is 0 Å². The van der Waals surface area contributed by atoms with Crippen LogP contribution in [0.25, 0.3) is 0 Å². The van der Waals surface area contributed by atoms with Gasteiger partial charge in [-0.25, -0.2) is 8.78 Å². The first-order valence-corrected chi connectivity index (χ1v) is 8.62. The Bertz CT molecular complexity index is 918. The van der Waals surface area contributed by atoms with Crippen LogP contribution < -0.4 is 10.1 Å². The Labute approximate surface area is 160 Å². The molecule has 0 aliphatic heterocycles. The molecule has 3 aromatic carbocycles. The third-order valence-electron chi connectivity index (χ3n) is 3.75. The molecule has 0 saturated heterocycles. The van der Waals surface area contributed by atoms with Crippen LogP contribution in [0.15, 0.2) is 60.7 Å². The molecule has 3 aromatic rings. The smallest absolute Gasteiger partial charge is 0.141 e. The van der Waals surface area contributed by atoms with Crippen molar-refractivity contribution in [3.8, 4) is 5.75 Å². The maximum absolute atomic E-state index is 13.6. The van der Waals surface area contributed by atoms with E-state index in [2.05, 4.69) is 5.32 Å². The van der Waals surface area contributed by atoms with E-state index in [9.17, 15) is 8.78 Å². The number of hydrogen-bond acceptors (Lipinski definition) is 2. The summed E-state index contributed by atoms with van der Waals surface area (Å²) >= 11 is 12.0. The Kier molecular flexibility index (Phi) is 5.96. The molecule has 3 rings (SSSR count). The highest BCUT2D eigenvalue weighted by molar-refractivity contribution is 6.32. The van der Waals surface area contributed by atoms with Gasteiger partial charge in [-0.2, -0.15) is 0 Å². The van der Waals surface area contributed by atoms with E-state index in [-0.39, 0.29) is 17.4 Å². The minimum atomic E-state index is -0.461. The lowest BCUT2D eigenvalue weighted by Crippen LogP contribution is -2.01. The van der Waals surface area contributed by atoms with Crippen LogP contribution in [0.5, 0.6) is 5.75 Å². The monoisotopic (exact) mass is 393 g/mol. The van der Waals surface area contributed by atoms with E-state index >= 15 is 0 Å². The summed E-state index contributed by atoms with van der Waals surface area (Å²) in [5.41, 5.74) is 2.07. The fourth-order valence-corrected chi connectivity index (χ4v) is 2.79. The zero-order chi connectivity index (χ0) is 18.5. The first-order valence-electron chi connectivity index (χ1n) is 7.86. The molecule has 0 bridgehead atoms. The van der Waals surface area contributed by atoms with Crippen molar-refractivity contribution in [1.29, 1.82) is 0 Å². The van der Waals surface area contributed by atoms with Gasteiger partial charge in [0.25, 0.3) is 0 Å². The van der Waals surface area contributed by atoms with Crippen LogP contribution in [0.2, 0.25) is 10.0 Å². The van der Waals surface area contributed by atoms with Crippen LogP contribution in [-0.2, 0) is 13.2 Å². The molecular weight excluding hydrogens is 379 g/mol. The predicted molar refractivity (Wildman–Crippen MR) is 101 cm³/mol. The van der Waals surface area contributed by atoms with Gasteiger partial charge in [-0.15, -0.1) is 0 Å². The molecular formula is C20H15Cl2F2NO. The fourth-order valence-electron chi connectivity index (χ4n) is 2.35. The normalized spacial score (nSPS) is 10.6. The molecule has 0 heterocycles. The van der Waals surface area contributed by atoms with Crippen molar-refractivity contribution in [1.82, 2.24) is 0 Å². The summed E-state index contributed by atoms with van der Waals surface area (Å²) in [6.07, 6.45) is 0. The fraction of sp³-hybridized carbons (Fsp3) is 0.100. The number of hydrogen-bond donors (Lipinski definition) is 1. The number of rotatable bonds is 6. The Hall–Kier alpha value is -2.30. The summed E-state index contributed by atoms with van der Waals surface area (Å²) in [6.45, 7) is 0.577. The third-order valence-corrected chi connectivity index (χ3v) is 4.34. The SMILES string of the molecule is Fc1ccc(NCc2ccc(OCc3ccccc3F)c(Cl)c2)cc1Cl. The zero-order valence-electron chi connectivity index (χ0n) is 13.6. The van der Waals surface area contributed by atoms with E-state index in [4.69, 9.17) is 27.9 Å². The van der Waals surface area contributed by atoms with Gasteiger partial charge in [-0.1, -0.05) is 47.5 Å². The largest absolute Gasteiger partial charge is 0.487 e. The lowest BCUT2D eigenvalue weighted by molar-refractivity contribution is 0.300. The number of ether oxygens (including phenoxy) is 1. The Morgan fingerprint density at radius 2 is 1.65 bits per heavy atom. The summed E-state index contributed by atoms with van der Waals surface area (Å²) in [6, 6.07) is 16.2. The van der Waals surface area contributed by atoms with E-state index in [0.29, 0.717) is 28.6 Å². The van der Waals surface area contributed by atoms with Crippen LogP contribution >= 0.6 is 23.2 Å². The van der Waals surface area contributed by atoms with Gasteiger partial charge < -0.3 is 10.1 Å². The predicted octanol–water partition coefficient (Wildman–Crippen LogP) is 6.46. The van der Waals surface area contributed by atoms with Crippen molar-refractivity contribution in [2.45, 2.75) is 13.2 Å². The van der Waals surface area contributed by atoms with Gasteiger partial charge in [0.1, 0.15) is 24.0 Å². The maximum atomic E-state index is 13.6. The molecule has 1 N–H and O–H groups in total. The minimum Gasteiger partial charge on any atom is -0.487 e. The lowest BCUT2D eigenvalue weighted by Gasteiger charge is -2.11. The van der Waals surface area contributed by atoms with Gasteiger partial charge in [0, 0.05) is 17.8 Å². The van der Waals surface area contributed by atoms with Crippen LogP contribution in [0, 0.1) is 11.6 Å². The molecule has 0 spiro atoms. The number of halogens is 4. The molecule has 0 unspecified atom stereocenters. The number of benzene rings is 3.